The summed E-state index contributed by atoms with van der Waals surface area (Å²) in [6.45, 7) is 8.81. The molecule has 0 radical (unpaired) electrons. The zero-order valence-corrected chi connectivity index (χ0v) is 20.3. The highest BCUT2D eigenvalue weighted by Gasteiger charge is 2.29. The van der Waals surface area contributed by atoms with Crippen molar-refractivity contribution in [3.8, 4) is 0 Å². The molecule has 4 heterocycles. The van der Waals surface area contributed by atoms with E-state index in [0.717, 1.165) is 56.6 Å². The second kappa shape index (κ2) is 10.3. The van der Waals surface area contributed by atoms with E-state index >= 15 is 0 Å². The van der Waals surface area contributed by atoms with Crippen molar-refractivity contribution >= 4 is 16.8 Å². The van der Waals surface area contributed by atoms with E-state index in [0.29, 0.717) is 31.4 Å². The van der Waals surface area contributed by atoms with E-state index in [4.69, 9.17) is 9.84 Å². The van der Waals surface area contributed by atoms with Crippen LogP contribution < -0.4 is 5.32 Å². The molecule has 0 spiro atoms. The van der Waals surface area contributed by atoms with Crippen LogP contribution in [0.1, 0.15) is 47.1 Å². The number of nitrogens with one attached hydrogen (secondary N) is 2. The van der Waals surface area contributed by atoms with Gasteiger partial charge in [-0.25, -0.2) is 0 Å². The maximum absolute atomic E-state index is 13.3. The molecule has 182 valence electrons. The van der Waals surface area contributed by atoms with Crippen molar-refractivity contribution in [1.29, 1.82) is 0 Å². The number of aromatic nitrogens is 3. The van der Waals surface area contributed by atoms with E-state index in [-0.39, 0.29) is 5.91 Å². The van der Waals surface area contributed by atoms with Crippen molar-refractivity contribution in [2.75, 3.05) is 39.9 Å². The number of carbonyl (C=O) groups is 1. The summed E-state index contributed by atoms with van der Waals surface area (Å²) in [5.41, 5.74) is 5.27. The molecular weight excluding hydrogens is 428 g/mol. The first-order valence-corrected chi connectivity index (χ1v) is 12.5. The van der Waals surface area contributed by atoms with Crippen LogP contribution in [0, 0.1) is 0 Å². The molecule has 0 aliphatic carbocycles. The third kappa shape index (κ3) is 4.62. The maximum atomic E-state index is 13.3. The highest BCUT2D eigenvalue weighted by molar-refractivity contribution is 5.94. The minimum absolute atomic E-state index is 0.0516. The van der Waals surface area contributed by atoms with Crippen LogP contribution in [0.3, 0.4) is 0 Å². The number of likely N-dealkylation sites (tertiary alicyclic amines) is 1. The first-order chi connectivity index (χ1) is 16.7. The molecule has 8 nitrogen and oxygen atoms in total. The lowest BCUT2D eigenvalue weighted by Crippen LogP contribution is -2.40. The summed E-state index contributed by atoms with van der Waals surface area (Å²) < 4.78 is 7.29. The van der Waals surface area contributed by atoms with Crippen LogP contribution in [0.4, 0.5) is 0 Å². The Morgan fingerprint density at radius 2 is 2.18 bits per heavy atom. The number of ether oxygens (including phenoxy) is 1. The van der Waals surface area contributed by atoms with Gasteiger partial charge in [-0.05, 0) is 37.6 Å². The van der Waals surface area contributed by atoms with Gasteiger partial charge in [0.25, 0.3) is 5.91 Å². The molecule has 0 bridgehead atoms. The number of fused-ring (bicyclic) bond motifs is 2. The molecule has 1 saturated heterocycles. The number of hydrogen-bond acceptors (Lipinski definition) is 5. The molecule has 5 rings (SSSR count). The van der Waals surface area contributed by atoms with Gasteiger partial charge < -0.3 is 15.0 Å². The molecule has 1 aromatic carbocycles. The van der Waals surface area contributed by atoms with Crippen LogP contribution >= 0.6 is 0 Å². The zero-order valence-electron chi connectivity index (χ0n) is 20.3. The molecule has 2 aliphatic heterocycles. The van der Waals surface area contributed by atoms with Gasteiger partial charge in [0.2, 0.25) is 0 Å². The number of benzene rings is 1. The van der Waals surface area contributed by atoms with Crippen molar-refractivity contribution in [3.05, 3.63) is 53.0 Å². The number of rotatable bonds is 9. The fraction of sp³-hybridized carbons (Fsp3) is 0.538. The molecule has 2 aliphatic rings. The topological polar surface area (TPSA) is 78.4 Å². The third-order valence-electron chi connectivity index (χ3n) is 7.41. The molecule has 3 aromatic rings. The normalized spacial score (nSPS) is 19.1. The van der Waals surface area contributed by atoms with E-state index in [1.165, 1.54) is 23.1 Å². The Kier molecular flexibility index (Phi) is 6.99. The Morgan fingerprint density at radius 1 is 1.29 bits per heavy atom. The minimum atomic E-state index is -0.0516. The summed E-state index contributed by atoms with van der Waals surface area (Å²) in [6, 6.07) is 8.85. The van der Waals surface area contributed by atoms with Gasteiger partial charge >= 0.3 is 0 Å². The average molecular weight is 465 g/mol. The molecule has 0 saturated carbocycles. The van der Waals surface area contributed by atoms with Crippen LogP contribution in [0.25, 0.3) is 10.9 Å². The van der Waals surface area contributed by atoms with Crippen molar-refractivity contribution in [3.63, 3.8) is 0 Å². The quantitative estimate of drug-likeness (QED) is 0.509. The lowest BCUT2D eigenvalue weighted by Gasteiger charge is -2.27. The predicted molar refractivity (Wildman–Crippen MR) is 133 cm³/mol. The highest BCUT2D eigenvalue weighted by Crippen LogP contribution is 2.26. The van der Waals surface area contributed by atoms with Crippen molar-refractivity contribution in [2.24, 2.45) is 0 Å². The molecule has 1 amide bonds. The summed E-state index contributed by atoms with van der Waals surface area (Å²) in [6.07, 6.45) is 5.34. The van der Waals surface area contributed by atoms with Gasteiger partial charge in [-0.3, -0.25) is 19.3 Å². The van der Waals surface area contributed by atoms with Gasteiger partial charge in [0.05, 0.1) is 13.2 Å². The maximum Gasteiger partial charge on any atom is 0.272 e. The van der Waals surface area contributed by atoms with Gasteiger partial charge in [0, 0.05) is 74.1 Å². The molecule has 2 aromatic heterocycles. The van der Waals surface area contributed by atoms with Gasteiger partial charge in [0.15, 0.2) is 5.69 Å². The van der Waals surface area contributed by atoms with Gasteiger partial charge in [-0.1, -0.05) is 25.1 Å². The fourth-order valence-electron chi connectivity index (χ4n) is 5.57. The number of hydrogen-bond donors (Lipinski definition) is 2. The van der Waals surface area contributed by atoms with Crippen LogP contribution in [-0.4, -0.2) is 76.4 Å². The predicted octanol–water partition coefficient (Wildman–Crippen LogP) is 2.78. The molecule has 34 heavy (non-hydrogen) atoms. The van der Waals surface area contributed by atoms with Gasteiger partial charge in [0.1, 0.15) is 0 Å². The SMILES string of the molecule is CCN1CCC[C@H]1CNC(=O)c1nn(CCOC)c2c1CN(Cc1c[nH]c3ccccc13)CC2. The summed E-state index contributed by atoms with van der Waals surface area (Å²) >= 11 is 0. The number of amides is 1. The van der Waals surface area contributed by atoms with Crippen LogP contribution in [0.15, 0.2) is 30.5 Å². The number of aromatic amines is 1. The molecule has 0 unspecified atom stereocenters. The minimum Gasteiger partial charge on any atom is -0.383 e. The average Bonchev–Trinajstić information content (AvgIpc) is 3.58. The smallest absolute Gasteiger partial charge is 0.272 e. The van der Waals surface area contributed by atoms with Crippen LogP contribution in [-0.2, 0) is 30.8 Å². The second-order valence-corrected chi connectivity index (χ2v) is 9.44. The van der Waals surface area contributed by atoms with Crippen molar-refractivity contribution in [2.45, 2.75) is 51.9 Å². The number of carbonyl (C=O) groups excluding carboxylic acids is 1. The highest BCUT2D eigenvalue weighted by atomic mass is 16.5. The number of likely N-dealkylation sites (N-methyl/N-ethyl adjacent to an activating group) is 1. The zero-order chi connectivity index (χ0) is 23.5. The first kappa shape index (κ1) is 23.1. The van der Waals surface area contributed by atoms with E-state index in [9.17, 15) is 4.79 Å². The van der Waals surface area contributed by atoms with Gasteiger partial charge in [-0.2, -0.15) is 5.10 Å². The Balaban J connectivity index is 1.33. The van der Waals surface area contributed by atoms with Gasteiger partial charge in [-0.15, -0.1) is 0 Å². The van der Waals surface area contributed by atoms with E-state index in [1.54, 1.807) is 7.11 Å². The lowest BCUT2D eigenvalue weighted by atomic mass is 10.0. The Hall–Kier alpha value is -2.68. The molecule has 8 heteroatoms. The number of H-pyrrole nitrogens is 1. The summed E-state index contributed by atoms with van der Waals surface area (Å²) in [7, 11) is 1.70. The second-order valence-electron chi connectivity index (χ2n) is 9.44. The summed E-state index contributed by atoms with van der Waals surface area (Å²) in [5, 5.41) is 9.23. The summed E-state index contributed by atoms with van der Waals surface area (Å²) in [5.74, 6) is -0.0516. The standard InChI is InChI=1S/C26H36N6O2/c1-3-31-11-6-7-20(31)16-28-26(33)25-22-18-30(12-10-24(22)32(29-25)13-14-34-2)17-19-15-27-23-9-5-4-8-21(19)23/h4-5,8-9,15,20,27H,3,6-7,10-14,16-18H2,1-2H3,(H,28,33)/t20-/m0/s1. The number of nitrogens with zero attached hydrogens (tertiary/aromatic N) is 4. The molecular formula is C26H36N6O2. The van der Waals surface area contributed by atoms with Crippen molar-refractivity contribution in [1.82, 2.24) is 29.9 Å². The number of methoxy groups -OCH3 is 1. The Bertz CT molecular complexity index is 1140. The largest absolute Gasteiger partial charge is 0.383 e. The van der Waals surface area contributed by atoms with E-state index in [2.05, 4.69) is 57.5 Å². The van der Waals surface area contributed by atoms with E-state index in [1.807, 2.05) is 4.68 Å². The first-order valence-electron chi connectivity index (χ1n) is 12.5. The van der Waals surface area contributed by atoms with E-state index < -0.39 is 0 Å². The van der Waals surface area contributed by atoms with Crippen LogP contribution in [0.5, 0.6) is 0 Å². The Labute approximate surface area is 201 Å². The molecule has 1 atom stereocenters. The lowest BCUT2D eigenvalue weighted by molar-refractivity contribution is 0.0932. The van der Waals surface area contributed by atoms with Crippen LogP contribution in [0.2, 0.25) is 0 Å². The third-order valence-corrected chi connectivity index (χ3v) is 7.41. The summed E-state index contributed by atoms with van der Waals surface area (Å²) in [4.78, 5) is 21.6. The van der Waals surface area contributed by atoms with Crippen molar-refractivity contribution < 1.29 is 9.53 Å². The fourth-order valence-corrected chi connectivity index (χ4v) is 5.57. The number of para-hydroxylation sites is 1. The Morgan fingerprint density at radius 3 is 3.03 bits per heavy atom. The molecule has 1 fully saturated rings. The molecule has 2 N–H and O–H groups in total. The monoisotopic (exact) mass is 464 g/mol.